The number of unbranched alkanes of at least 4 members (excludes halogenated alkanes) is 3. The first kappa shape index (κ1) is 44.7. The van der Waals surface area contributed by atoms with Gasteiger partial charge in [-0.1, -0.05) is 58.6 Å². The van der Waals surface area contributed by atoms with Crippen molar-refractivity contribution in [2.45, 2.75) is 166 Å². The second-order valence-corrected chi connectivity index (χ2v) is 21.1. The van der Waals surface area contributed by atoms with E-state index < -0.39 is 75.7 Å². The van der Waals surface area contributed by atoms with Crippen LogP contribution in [0.1, 0.15) is 118 Å². The molecule has 0 aromatic carbocycles. The molecule has 2 saturated heterocycles. The minimum atomic E-state index is -1.65. The van der Waals surface area contributed by atoms with Crippen LogP contribution in [0.4, 0.5) is 0 Å². The Morgan fingerprint density at radius 1 is 1.14 bits per heavy atom. The Morgan fingerprint density at radius 2 is 1.90 bits per heavy atom. The summed E-state index contributed by atoms with van der Waals surface area (Å²) >= 11 is 0. The average molecular weight is 815 g/mol. The van der Waals surface area contributed by atoms with E-state index in [-0.39, 0.29) is 60.7 Å². The molecule has 330 valence electrons. The molecule has 10 N–H and O–H groups in total. The average Bonchev–Trinajstić information content (AvgIpc) is 3.63. The van der Waals surface area contributed by atoms with E-state index in [9.17, 15) is 30.6 Å². The number of aliphatic hydroxyl groups is 6. The van der Waals surface area contributed by atoms with Gasteiger partial charge in [0.15, 0.2) is 5.78 Å². The number of rotatable bonds is 13. The standard InChI is InChI=1S/C46H78N4O8/c1-7-8-9-10-11-30-23-58-39(27(30)3)41(55)43(5,56)34-15-17-46(57)36-37(50-21-26(2)51)38(54)31-18-32(52)33(53)20-45(31)19-28(29-12-13-35(47)49-22-29)14-16-44(25-48-6,40(36)45)24-42(34,46)4/h14,16,26-36,39-41,48-49,51-53,55-57H,7-13,15,17-25,47H2,1-6H3. The van der Waals surface area contributed by atoms with Gasteiger partial charge in [-0.2, -0.15) is 0 Å². The summed E-state index contributed by atoms with van der Waals surface area (Å²) in [5, 5.41) is 79.6. The third-order valence-corrected chi connectivity index (χ3v) is 17.7. The van der Waals surface area contributed by atoms with Crippen LogP contribution in [0.15, 0.2) is 17.1 Å². The van der Waals surface area contributed by atoms with Crippen LogP contribution in [-0.2, 0) is 9.53 Å². The monoisotopic (exact) mass is 815 g/mol. The lowest BCUT2D eigenvalue weighted by Gasteiger charge is -2.70. The molecule has 12 heteroatoms. The van der Waals surface area contributed by atoms with E-state index in [0.29, 0.717) is 44.8 Å². The molecule has 5 aliphatic carbocycles. The molecule has 7 aliphatic rings. The zero-order valence-electron chi connectivity index (χ0n) is 36.3. The van der Waals surface area contributed by atoms with E-state index in [0.717, 1.165) is 32.2 Å². The summed E-state index contributed by atoms with van der Waals surface area (Å²) in [6, 6.07) is 0. The molecule has 6 fully saturated rings. The highest BCUT2D eigenvalue weighted by molar-refractivity contribution is 6.42. The molecular formula is C46H78N4O8. The van der Waals surface area contributed by atoms with E-state index in [1.807, 2.05) is 7.05 Å². The molecule has 0 amide bonds. The molecule has 0 bridgehead atoms. The van der Waals surface area contributed by atoms with Crippen LogP contribution >= 0.6 is 0 Å². The molecule has 12 nitrogen and oxygen atoms in total. The second-order valence-electron chi connectivity index (χ2n) is 21.1. The predicted molar refractivity (Wildman–Crippen MR) is 224 cm³/mol. The van der Waals surface area contributed by atoms with Crippen LogP contribution in [0.3, 0.4) is 0 Å². The first-order valence-electron chi connectivity index (χ1n) is 23.1. The Morgan fingerprint density at radius 3 is 2.57 bits per heavy atom. The van der Waals surface area contributed by atoms with Gasteiger partial charge in [0, 0.05) is 29.2 Å². The van der Waals surface area contributed by atoms with E-state index in [2.05, 4.69) is 43.6 Å². The summed E-state index contributed by atoms with van der Waals surface area (Å²) in [6.07, 6.45) is 9.49. The molecular weight excluding hydrogens is 737 g/mol. The number of hydrogen-bond acceptors (Lipinski definition) is 12. The van der Waals surface area contributed by atoms with Crippen LogP contribution in [0, 0.1) is 63.6 Å². The van der Waals surface area contributed by atoms with Crippen molar-refractivity contribution in [3.8, 4) is 0 Å². The Bertz CT molecular complexity index is 1530. The van der Waals surface area contributed by atoms with Gasteiger partial charge < -0.3 is 51.7 Å². The molecule has 58 heavy (non-hydrogen) atoms. The predicted octanol–water partition coefficient (Wildman–Crippen LogP) is 3.09. The SMILES string of the molecule is CCCCCCC1COC(C(O)C(C)(O)C2CCC3(O)C4C(=NCC(C)O)C(=O)C5CC(O)C(O)CC56CC(C5CCC(N)NC5)C=CC(CNC)(CC23C)C46)C1C. The normalized spacial score (nSPS) is 49.1. The number of allylic oxidation sites excluding steroid dienone is 1. The second kappa shape index (κ2) is 16.8. The maximum absolute atomic E-state index is 15.4. The van der Waals surface area contributed by atoms with Crippen LogP contribution in [0.25, 0.3) is 0 Å². The number of piperidine rings is 1. The molecule has 1 spiro atoms. The lowest BCUT2D eigenvalue weighted by Crippen LogP contribution is -2.75. The fourth-order valence-corrected chi connectivity index (χ4v) is 14.8. The summed E-state index contributed by atoms with van der Waals surface area (Å²) in [4.78, 5) is 20.3. The van der Waals surface area contributed by atoms with Crippen molar-refractivity contribution in [2.24, 2.45) is 74.3 Å². The minimum absolute atomic E-state index is 0.0101. The van der Waals surface area contributed by atoms with Gasteiger partial charge in [-0.25, -0.2) is 0 Å². The van der Waals surface area contributed by atoms with E-state index >= 15 is 4.79 Å². The van der Waals surface area contributed by atoms with Gasteiger partial charge >= 0.3 is 0 Å². The lowest BCUT2D eigenvalue weighted by molar-refractivity contribution is -0.249. The molecule has 0 radical (unpaired) electrons. The smallest absolute Gasteiger partial charge is 0.180 e. The molecule has 0 aromatic rings. The van der Waals surface area contributed by atoms with Crippen LogP contribution < -0.4 is 16.4 Å². The lowest BCUT2D eigenvalue weighted by atomic mass is 9.35. The third-order valence-electron chi connectivity index (χ3n) is 17.7. The molecule has 2 aliphatic heterocycles. The van der Waals surface area contributed by atoms with Gasteiger partial charge in [0.1, 0.15) is 6.10 Å². The van der Waals surface area contributed by atoms with Gasteiger partial charge in [0.05, 0.1) is 60.6 Å². The Kier molecular flexibility index (Phi) is 12.9. The zero-order valence-corrected chi connectivity index (χ0v) is 36.3. The fraction of sp³-hybridized carbons (Fsp3) is 0.913. The Hall–Kier alpha value is -1.32. The summed E-state index contributed by atoms with van der Waals surface area (Å²) in [7, 11) is 1.93. The molecule has 2 heterocycles. The zero-order chi connectivity index (χ0) is 42.0. The Labute approximate surface area is 347 Å². The summed E-state index contributed by atoms with van der Waals surface area (Å²) in [5.74, 6) is -1.91. The highest BCUT2D eigenvalue weighted by atomic mass is 16.5. The highest BCUT2D eigenvalue weighted by Gasteiger charge is 2.78. The number of nitrogens with zero attached hydrogens (tertiary/aromatic N) is 1. The first-order valence-corrected chi connectivity index (χ1v) is 23.1. The number of Topliss-reactive ketones (excluding diaryl/α,β-unsaturated/α-hetero) is 1. The van der Waals surface area contributed by atoms with Crippen molar-refractivity contribution >= 4 is 11.5 Å². The van der Waals surface area contributed by atoms with Gasteiger partial charge in [0.2, 0.25) is 0 Å². The summed E-state index contributed by atoms with van der Waals surface area (Å²) < 4.78 is 6.36. The molecule has 19 unspecified atom stereocenters. The van der Waals surface area contributed by atoms with Gasteiger partial charge in [-0.15, -0.1) is 0 Å². The van der Waals surface area contributed by atoms with Crippen molar-refractivity contribution in [1.82, 2.24) is 10.6 Å². The van der Waals surface area contributed by atoms with Crippen molar-refractivity contribution in [1.29, 1.82) is 0 Å². The van der Waals surface area contributed by atoms with E-state index in [1.165, 1.54) is 19.3 Å². The molecule has 4 saturated carbocycles. The Balaban J connectivity index is 1.35. The van der Waals surface area contributed by atoms with Gasteiger partial charge in [-0.05, 0) is 126 Å². The third kappa shape index (κ3) is 7.22. The molecule has 7 rings (SSSR count). The summed E-state index contributed by atoms with van der Waals surface area (Å²) in [5.41, 5.74) is 0.930. The fourth-order valence-electron chi connectivity index (χ4n) is 14.8. The minimum Gasteiger partial charge on any atom is -0.391 e. The highest BCUT2D eigenvalue weighted by Crippen LogP contribution is 2.75. The van der Waals surface area contributed by atoms with Crippen molar-refractivity contribution in [2.75, 3.05) is 33.3 Å². The summed E-state index contributed by atoms with van der Waals surface area (Å²) in [6.45, 7) is 11.6. The number of nitrogens with two attached hydrogens (primary N) is 1. The number of fused-ring (bicyclic) bond motifs is 2. The van der Waals surface area contributed by atoms with Crippen molar-refractivity contribution in [3.05, 3.63) is 12.2 Å². The van der Waals surface area contributed by atoms with Crippen molar-refractivity contribution in [3.63, 3.8) is 0 Å². The van der Waals surface area contributed by atoms with Crippen LogP contribution in [-0.4, -0.2) is 123 Å². The number of nitrogens with one attached hydrogen (secondary N) is 2. The number of hydrogen-bond donors (Lipinski definition) is 9. The van der Waals surface area contributed by atoms with Gasteiger partial charge in [-0.3, -0.25) is 9.79 Å². The number of carbonyl (C=O) groups excluding carboxylic acids is 1. The van der Waals surface area contributed by atoms with Crippen molar-refractivity contribution < 1.29 is 40.2 Å². The van der Waals surface area contributed by atoms with E-state index in [4.69, 9.17) is 15.5 Å². The van der Waals surface area contributed by atoms with E-state index in [1.54, 1.807) is 13.8 Å². The number of aliphatic hydroxyl groups excluding tert-OH is 4. The topological polar surface area (TPSA) is 210 Å². The quantitative estimate of drug-likeness (QED) is 0.0975. The first-order chi connectivity index (χ1) is 27.4. The number of aliphatic imine (C=N–C) groups is 1. The number of carbonyl (C=O) groups is 1. The van der Waals surface area contributed by atoms with Crippen LogP contribution in [0.5, 0.6) is 0 Å². The number of ether oxygens (including phenoxy) is 1. The number of ketones is 1. The maximum atomic E-state index is 15.4. The molecule has 0 aromatic heterocycles. The largest absolute Gasteiger partial charge is 0.391 e. The van der Waals surface area contributed by atoms with Crippen LogP contribution in [0.2, 0.25) is 0 Å². The molecule has 19 atom stereocenters. The maximum Gasteiger partial charge on any atom is 0.180 e. The van der Waals surface area contributed by atoms with Gasteiger partial charge in [0.25, 0.3) is 0 Å².